The number of fused-ring (bicyclic) bond motifs is 6. The predicted molar refractivity (Wildman–Crippen MR) is 301 cm³/mol. The molecule has 8 aromatic carbocycles. The van der Waals surface area contributed by atoms with Crippen LogP contribution in [-0.4, -0.2) is 28.9 Å². The maximum absolute atomic E-state index is 11.2. The van der Waals surface area contributed by atoms with Crippen LogP contribution in [0.1, 0.15) is 13.8 Å². The Labute approximate surface area is 425 Å². The topological polar surface area (TPSA) is 174 Å². The van der Waals surface area contributed by atoms with E-state index < -0.39 is 9.85 Å². The number of nitrogens with two attached hydrogens (primary N) is 2. The smallest absolute Gasteiger partial charge is 0.269 e. The summed E-state index contributed by atoms with van der Waals surface area (Å²) in [4.78, 5) is 31.3. The Morgan fingerprint density at radius 2 is 0.662 bits per heavy atom. The quantitative estimate of drug-likeness (QED) is 0.0773. The number of nitrogens with zero attached hydrogens (tertiary/aromatic N) is 6. The highest BCUT2D eigenvalue weighted by molar-refractivity contribution is 6.10. The zero-order chi connectivity index (χ0) is 51.0. The highest BCUT2D eigenvalue weighted by atomic mass is 16.6. The number of hydrogen-bond acceptors (Lipinski definition) is 8. The number of nitrogen functional groups attached to an aromatic ring is 2. The van der Waals surface area contributed by atoms with Gasteiger partial charge in [0, 0.05) is 115 Å². The van der Waals surface area contributed by atoms with Gasteiger partial charge in [0.25, 0.3) is 11.4 Å². The molecule has 360 valence electrons. The number of hydrogen-bond donors (Lipinski definition) is 2. The van der Waals surface area contributed by atoms with Crippen molar-refractivity contribution in [1.29, 1.82) is 0 Å². The second-order valence-electron chi connectivity index (χ2n) is 18.1. The standard InChI is InChI=1S/C31H22N4O4.C31H26N4/c1-2-33-30-6-4-3-5-26(30)27-17-22(11-16-31(27)33)23-18-28(20-7-12-24(13-8-20)34(36)37)32-29(19-23)21-9-14-25(15-10-21)35(38)39;1-2-35-30-6-4-3-5-26(30)27-17-22(11-16-31(27)35)23-18-28(20-7-12-24(32)13-8-20)34-29(19-23)21-9-14-25(33)15-10-21/h3-19H,2H2,1H3;3-19H,2,32-33H2,1H3. The Hall–Kier alpha value is -9.94. The lowest BCUT2D eigenvalue weighted by molar-refractivity contribution is -0.385. The largest absolute Gasteiger partial charge is 0.399 e. The summed E-state index contributed by atoms with van der Waals surface area (Å²) in [7, 11) is 0. The van der Waals surface area contributed by atoms with E-state index in [1.165, 1.54) is 57.0 Å². The van der Waals surface area contributed by atoms with Gasteiger partial charge in [-0.25, -0.2) is 9.97 Å². The molecule has 0 aliphatic heterocycles. The molecule has 0 saturated heterocycles. The third-order valence-corrected chi connectivity index (χ3v) is 13.7. The van der Waals surface area contributed by atoms with Gasteiger partial charge in [-0.2, -0.15) is 0 Å². The Balaban J connectivity index is 0.000000160. The van der Waals surface area contributed by atoms with Gasteiger partial charge in [0.15, 0.2) is 0 Å². The van der Waals surface area contributed by atoms with Crippen LogP contribution in [0.4, 0.5) is 22.7 Å². The summed E-state index contributed by atoms with van der Waals surface area (Å²) in [5.41, 5.74) is 29.0. The summed E-state index contributed by atoms with van der Waals surface area (Å²) in [5.74, 6) is 0. The van der Waals surface area contributed by atoms with Crippen molar-refractivity contribution in [2.75, 3.05) is 11.5 Å². The molecule has 4 N–H and O–H groups in total. The lowest BCUT2D eigenvalue weighted by Gasteiger charge is -2.11. The first kappa shape index (κ1) is 46.4. The molecule has 0 saturated carbocycles. The number of aryl methyl sites for hydroxylation is 2. The van der Waals surface area contributed by atoms with Crippen LogP contribution in [0.2, 0.25) is 0 Å². The average molecular weight is 969 g/mol. The van der Waals surface area contributed by atoms with Crippen molar-refractivity contribution in [1.82, 2.24) is 19.1 Å². The molecule has 0 fully saturated rings. The number of non-ortho nitro benzene ring substituents is 2. The summed E-state index contributed by atoms with van der Waals surface area (Å²) < 4.78 is 4.67. The number of para-hydroxylation sites is 2. The number of nitro benzene ring substituents is 2. The van der Waals surface area contributed by atoms with Gasteiger partial charge in [-0.15, -0.1) is 0 Å². The minimum atomic E-state index is -0.433. The minimum absolute atomic E-state index is 0.00302. The normalized spacial score (nSPS) is 11.3. The third kappa shape index (κ3) is 8.81. The van der Waals surface area contributed by atoms with Crippen molar-refractivity contribution >= 4 is 66.4 Å². The molecule has 0 bridgehead atoms. The van der Waals surface area contributed by atoms with Gasteiger partial charge in [-0.05, 0) is 145 Å². The Bertz CT molecular complexity index is 3970. The van der Waals surface area contributed by atoms with Gasteiger partial charge in [0.2, 0.25) is 0 Å². The maximum Gasteiger partial charge on any atom is 0.269 e. The molecule has 12 heteroatoms. The van der Waals surface area contributed by atoms with E-state index in [9.17, 15) is 20.2 Å². The van der Waals surface area contributed by atoms with Crippen LogP contribution in [0.3, 0.4) is 0 Å². The van der Waals surface area contributed by atoms with Crippen LogP contribution < -0.4 is 11.5 Å². The van der Waals surface area contributed by atoms with Crippen LogP contribution >= 0.6 is 0 Å². The molecule has 12 aromatic rings. The van der Waals surface area contributed by atoms with Crippen molar-refractivity contribution in [2.45, 2.75) is 26.9 Å². The van der Waals surface area contributed by atoms with E-state index in [4.69, 9.17) is 21.4 Å². The molecule has 0 spiro atoms. The van der Waals surface area contributed by atoms with E-state index in [-0.39, 0.29) is 11.4 Å². The highest BCUT2D eigenvalue weighted by Gasteiger charge is 2.17. The number of benzene rings is 8. The molecule has 4 heterocycles. The summed E-state index contributed by atoms with van der Waals surface area (Å²) in [6, 6.07) is 66.7. The second-order valence-corrected chi connectivity index (χ2v) is 18.1. The summed E-state index contributed by atoms with van der Waals surface area (Å²) >= 11 is 0. The number of pyridine rings is 2. The highest BCUT2D eigenvalue weighted by Crippen LogP contribution is 2.38. The van der Waals surface area contributed by atoms with Crippen molar-refractivity contribution in [3.63, 3.8) is 0 Å². The molecule has 4 aromatic heterocycles. The third-order valence-electron chi connectivity index (χ3n) is 13.7. The first-order valence-electron chi connectivity index (χ1n) is 24.3. The van der Waals surface area contributed by atoms with E-state index in [0.717, 1.165) is 91.3 Å². The first-order valence-corrected chi connectivity index (χ1v) is 24.3. The van der Waals surface area contributed by atoms with Crippen molar-refractivity contribution < 1.29 is 9.85 Å². The Kier molecular flexibility index (Phi) is 12.1. The van der Waals surface area contributed by atoms with Gasteiger partial charge in [0.05, 0.1) is 32.6 Å². The maximum atomic E-state index is 11.2. The van der Waals surface area contributed by atoms with E-state index in [0.29, 0.717) is 11.4 Å². The first-order chi connectivity index (χ1) is 36.0. The second kappa shape index (κ2) is 19.3. The summed E-state index contributed by atoms with van der Waals surface area (Å²) in [6.07, 6.45) is 0. The Morgan fingerprint density at radius 1 is 0.365 bits per heavy atom. The molecule has 12 nitrogen and oxygen atoms in total. The zero-order valence-corrected chi connectivity index (χ0v) is 40.5. The van der Waals surface area contributed by atoms with Gasteiger partial charge in [-0.3, -0.25) is 20.2 Å². The van der Waals surface area contributed by atoms with Crippen molar-refractivity contribution in [2.24, 2.45) is 0 Å². The summed E-state index contributed by atoms with van der Waals surface area (Å²) in [6.45, 7) is 6.12. The fourth-order valence-corrected chi connectivity index (χ4v) is 9.95. The fourth-order valence-electron chi connectivity index (χ4n) is 9.95. The van der Waals surface area contributed by atoms with Crippen LogP contribution in [0.25, 0.3) is 111 Å². The fraction of sp³-hybridized carbons (Fsp3) is 0.0645. The molecule has 12 rings (SSSR count). The van der Waals surface area contributed by atoms with E-state index in [2.05, 4.69) is 108 Å². The molecule has 0 aliphatic carbocycles. The van der Waals surface area contributed by atoms with Crippen LogP contribution in [0, 0.1) is 20.2 Å². The number of rotatable bonds is 10. The molecule has 0 atom stereocenters. The zero-order valence-electron chi connectivity index (χ0n) is 40.5. The van der Waals surface area contributed by atoms with Crippen molar-refractivity contribution in [3.8, 4) is 67.3 Å². The molecule has 0 radical (unpaired) electrons. The van der Waals surface area contributed by atoms with Crippen LogP contribution in [-0.2, 0) is 13.1 Å². The number of nitro groups is 2. The Morgan fingerprint density at radius 3 is 0.986 bits per heavy atom. The van der Waals surface area contributed by atoms with Crippen LogP contribution in [0.15, 0.2) is 206 Å². The lowest BCUT2D eigenvalue weighted by atomic mass is 9.98. The SMILES string of the molecule is CCn1c2ccccc2c2cc(-c3cc(-c4ccc(N)cc4)nc(-c4ccc(N)cc4)c3)ccc21.CCn1c2ccccc2c2cc(-c3cc(-c4ccc([N+](=O)[O-])cc4)nc(-c4ccc([N+](=O)[O-])cc4)c3)ccc21. The molecular formula is C62H48N8O4. The van der Waals surface area contributed by atoms with Crippen LogP contribution in [0.5, 0.6) is 0 Å². The molecule has 0 aliphatic rings. The average Bonchev–Trinajstić information content (AvgIpc) is 3.94. The van der Waals surface area contributed by atoms with Gasteiger partial charge in [0.1, 0.15) is 0 Å². The van der Waals surface area contributed by atoms with E-state index >= 15 is 0 Å². The van der Waals surface area contributed by atoms with Gasteiger partial charge >= 0.3 is 0 Å². The number of anilines is 2. The monoisotopic (exact) mass is 968 g/mol. The van der Waals surface area contributed by atoms with Gasteiger partial charge < -0.3 is 20.6 Å². The molecule has 74 heavy (non-hydrogen) atoms. The van der Waals surface area contributed by atoms with E-state index in [1.807, 2.05) is 72.8 Å². The number of aromatic nitrogens is 4. The van der Waals surface area contributed by atoms with E-state index in [1.54, 1.807) is 24.3 Å². The van der Waals surface area contributed by atoms with Gasteiger partial charge in [-0.1, -0.05) is 72.8 Å². The molecule has 0 amide bonds. The minimum Gasteiger partial charge on any atom is -0.399 e. The molecule has 0 unspecified atom stereocenters. The molecular weight excluding hydrogens is 921 g/mol. The predicted octanol–water partition coefficient (Wildman–Crippen LogP) is 15.4. The lowest BCUT2D eigenvalue weighted by Crippen LogP contribution is -1.94. The summed E-state index contributed by atoms with van der Waals surface area (Å²) in [5, 5.41) is 27.2. The van der Waals surface area contributed by atoms with Crippen molar-refractivity contribution in [3.05, 3.63) is 226 Å².